The summed E-state index contributed by atoms with van der Waals surface area (Å²) in [5, 5.41) is 13.7. The van der Waals surface area contributed by atoms with Crippen LogP contribution in [0.4, 0.5) is 0 Å². The molecule has 2 rings (SSSR count). The molecular formula is C14H19N5O. The average molecular weight is 273 g/mol. The largest absolute Gasteiger partial charge is 0.354 e. The van der Waals surface area contributed by atoms with Gasteiger partial charge >= 0.3 is 0 Å². The number of hydrogen-bond donors (Lipinski definition) is 2. The summed E-state index contributed by atoms with van der Waals surface area (Å²) in [6, 6.07) is 10.1. The number of aromatic nitrogens is 3. The van der Waals surface area contributed by atoms with E-state index in [2.05, 4.69) is 20.9 Å². The van der Waals surface area contributed by atoms with E-state index in [4.69, 9.17) is 0 Å². The van der Waals surface area contributed by atoms with Crippen molar-refractivity contribution in [3.63, 3.8) is 0 Å². The minimum absolute atomic E-state index is 0.0539. The van der Waals surface area contributed by atoms with Gasteiger partial charge in [-0.05, 0) is 19.0 Å². The number of carbonyl (C=O) groups is 1. The van der Waals surface area contributed by atoms with E-state index in [1.165, 1.54) is 5.56 Å². The molecular weight excluding hydrogens is 254 g/mol. The third kappa shape index (κ3) is 4.47. The van der Waals surface area contributed by atoms with E-state index >= 15 is 0 Å². The van der Waals surface area contributed by atoms with Gasteiger partial charge in [0.05, 0.1) is 11.9 Å². The number of benzene rings is 1. The summed E-state index contributed by atoms with van der Waals surface area (Å²) < 4.78 is 1.55. The van der Waals surface area contributed by atoms with Crippen LogP contribution in [0.15, 0.2) is 36.5 Å². The van der Waals surface area contributed by atoms with Crippen LogP contribution in [0.3, 0.4) is 0 Å². The van der Waals surface area contributed by atoms with Crippen molar-refractivity contribution in [2.45, 2.75) is 19.5 Å². The van der Waals surface area contributed by atoms with Crippen molar-refractivity contribution in [1.82, 2.24) is 25.6 Å². The maximum atomic E-state index is 11.8. The van der Waals surface area contributed by atoms with Crippen LogP contribution in [0.1, 0.15) is 11.3 Å². The van der Waals surface area contributed by atoms with Crippen molar-refractivity contribution in [2.75, 3.05) is 13.6 Å². The predicted molar refractivity (Wildman–Crippen MR) is 75.9 cm³/mol. The Morgan fingerprint density at radius 3 is 2.85 bits per heavy atom. The van der Waals surface area contributed by atoms with Crippen molar-refractivity contribution in [1.29, 1.82) is 0 Å². The predicted octanol–water partition coefficient (Wildman–Crippen LogP) is 0.356. The first-order valence-corrected chi connectivity index (χ1v) is 6.62. The molecule has 6 nitrogen and oxygen atoms in total. The topological polar surface area (TPSA) is 71.8 Å². The average Bonchev–Trinajstić information content (AvgIpc) is 2.88. The number of carbonyl (C=O) groups excluding carboxylic acids is 1. The third-order valence-corrected chi connectivity index (χ3v) is 2.83. The highest BCUT2D eigenvalue weighted by atomic mass is 16.2. The SMILES string of the molecule is CNCc1cn(CC(=O)NCCc2ccccc2)nn1. The molecule has 0 spiro atoms. The molecule has 0 aliphatic rings. The van der Waals surface area contributed by atoms with E-state index < -0.39 is 0 Å². The zero-order valence-corrected chi connectivity index (χ0v) is 11.5. The van der Waals surface area contributed by atoms with Crippen LogP contribution >= 0.6 is 0 Å². The van der Waals surface area contributed by atoms with Gasteiger partial charge < -0.3 is 10.6 Å². The monoisotopic (exact) mass is 273 g/mol. The summed E-state index contributed by atoms with van der Waals surface area (Å²) in [6.45, 7) is 1.47. The van der Waals surface area contributed by atoms with Gasteiger partial charge in [-0.25, -0.2) is 4.68 Å². The highest BCUT2D eigenvalue weighted by Crippen LogP contribution is 1.98. The zero-order chi connectivity index (χ0) is 14.2. The number of hydrogen-bond acceptors (Lipinski definition) is 4. The lowest BCUT2D eigenvalue weighted by Gasteiger charge is -2.05. The first kappa shape index (κ1) is 14.2. The fraction of sp³-hybridized carbons (Fsp3) is 0.357. The number of amides is 1. The van der Waals surface area contributed by atoms with E-state index in [9.17, 15) is 4.79 Å². The van der Waals surface area contributed by atoms with Crippen molar-refractivity contribution in [2.24, 2.45) is 0 Å². The molecule has 0 saturated carbocycles. The van der Waals surface area contributed by atoms with Gasteiger partial charge in [0.2, 0.25) is 5.91 Å². The zero-order valence-electron chi connectivity index (χ0n) is 11.5. The van der Waals surface area contributed by atoms with Gasteiger partial charge in [0.25, 0.3) is 0 Å². The molecule has 0 atom stereocenters. The molecule has 1 aromatic heterocycles. The van der Waals surface area contributed by atoms with Crippen LogP contribution in [-0.2, 0) is 24.3 Å². The van der Waals surface area contributed by atoms with E-state index in [1.807, 2.05) is 37.4 Å². The van der Waals surface area contributed by atoms with E-state index in [0.717, 1.165) is 12.1 Å². The Labute approximate surface area is 118 Å². The van der Waals surface area contributed by atoms with Gasteiger partial charge in [0.15, 0.2) is 0 Å². The Balaban J connectivity index is 1.72. The molecule has 2 N–H and O–H groups in total. The fourth-order valence-corrected chi connectivity index (χ4v) is 1.87. The van der Waals surface area contributed by atoms with Crippen molar-refractivity contribution in [3.8, 4) is 0 Å². The van der Waals surface area contributed by atoms with Crippen LogP contribution in [0.25, 0.3) is 0 Å². The molecule has 0 unspecified atom stereocenters. The van der Waals surface area contributed by atoms with E-state index in [0.29, 0.717) is 13.1 Å². The molecule has 0 bridgehead atoms. The van der Waals surface area contributed by atoms with Crippen LogP contribution < -0.4 is 10.6 Å². The van der Waals surface area contributed by atoms with Gasteiger partial charge in [-0.3, -0.25) is 4.79 Å². The molecule has 20 heavy (non-hydrogen) atoms. The van der Waals surface area contributed by atoms with Gasteiger partial charge in [0.1, 0.15) is 6.54 Å². The molecule has 1 amide bonds. The summed E-state index contributed by atoms with van der Waals surface area (Å²) in [5.41, 5.74) is 2.04. The molecule has 1 heterocycles. The van der Waals surface area contributed by atoms with E-state index in [1.54, 1.807) is 10.9 Å². The van der Waals surface area contributed by atoms with E-state index in [-0.39, 0.29) is 12.5 Å². The number of nitrogens with zero attached hydrogens (tertiary/aromatic N) is 3. The molecule has 0 saturated heterocycles. The molecule has 2 aromatic rings. The Morgan fingerprint density at radius 1 is 1.30 bits per heavy atom. The lowest BCUT2D eigenvalue weighted by atomic mass is 10.1. The summed E-state index contributed by atoms with van der Waals surface area (Å²) >= 11 is 0. The highest BCUT2D eigenvalue weighted by molar-refractivity contribution is 5.75. The maximum Gasteiger partial charge on any atom is 0.241 e. The lowest BCUT2D eigenvalue weighted by molar-refractivity contribution is -0.121. The van der Waals surface area contributed by atoms with Crippen LogP contribution in [-0.4, -0.2) is 34.5 Å². The smallest absolute Gasteiger partial charge is 0.241 e. The Hall–Kier alpha value is -2.21. The molecule has 1 aromatic carbocycles. The first-order valence-electron chi connectivity index (χ1n) is 6.62. The summed E-state index contributed by atoms with van der Waals surface area (Å²) in [4.78, 5) is 11.8. The minimum Gasteiger partial charge on any atom is -0.354 e. The van der Waals surface area contributed by atoms with Crippen LogP contribution in [0.5, 0.6) is 0 Å². The lowest BCUT2D eigenvalue weighted by Crippen LogP contribution is -2.29. The quantitative estimate of drug-likeness (QED) is 0.764. The molecule has 0 aliphatic carbocycles. The second kappa shape index (κ2) is 7.40. The van der Waals surface area contributed by atoms with Crippen molar-refractivity contribution in [3.05, 3.63) is 47.8 Å². The second-order valence-corrected chi connectivity index (χ2v) is 4.52. The molecule has 0 fully saturated rings. The minimum atomic E-state index is -0.0539. The molecule has 0 aliphatic heterocycles. The van der Waals surface area contributed by atoms with Crippen LogP contribution in [0.2, 0.25) is 0 Å². The highest BCUT2D eigenvalue weighted by Gasteiger charge is 2.05. The number of rotatable bonds is 7. The number of nitrogens with one attached hydrogen (secondary N) is 2. The maximum absolute atomic E-state index is 11.8. The van der Waals surface area contributed by atoms with Gasteiger partial charge in [0, 0.05) is 13.1 Å². The van der Waals surface area contributed by atoms with Crippen LogP contribution in [0, 0.1) is 0 Å². The molecule has 6 heteroatoms. The molecule has 0 radical (unpaired) electrons. The van der Waals surface area contributed by atoms with Crippen molar-refractivity contribution >= 4 is 5.91 Å². The van der Waals surface area contributed by atoms with Gasteiger partial charge in [-0.1, -0.05) is 35.5 Å². The normalized spacial score (nSPS) is 10.4. The fourth-order valence-electron chi connectivity index (χ4n) is 1.87. The Morgan fingerprint density at radius 2 is 2.10 bits per heavy atom. The second-order valence-electron chi connectivity index (χ2n) is 4.52. The summed E-state index contributed by atoms with van der Waals surface area (Å²) in [6.07, 6.45) is 2.60. The Kier molecular flexibility index (Phi) is 5.25. The third-order valence-electron chi connectivity index (χ3n) is 2.83. The summed E-state index contributed by atoms with van der Waals surface area (Å²) in [7, 11) is 1.84. The Bertz CT molecular complexity index is 538. The molecule has 106 valence electrons. The van der Waals surface area contributed by atoms with Gasteiger partial charge in [-0.15, -0.1) is 5.10 Å². The standard InChI is InChI=1S/C14H19N5O/c1-15-9-13-10-19(18-17-13)11-14(20)16-8-7-12-5-3-2-4-6-12/h2-6,10,15H,7-9,11H2,1H3,(H,16,20). The van der Waals surface area contributed by atoms with Gasteiger partial charge in [-0.2, -0.15) is 0 Å². The van der Waals surface area contributed by atoms with Crippen molar-refractivity contribution < 1.29 is 4.79 Å². The summed E-state index contributed by atoms with van der Waals surface area (Å²) in [5.74, 6) is -0.0539. The first-order chi connectivity index (χ1) is 9.78.